The quantitative estimate of drug-likeness (QED) is 0.197. The van der Waals surface area contributed by atoms with E-state index in [4.69, 9.17) is 22.1 Å². The first-order chi connectivity index (χ1) is 16.9. The van der Waals surface area contributed by atoms with Crippen LogP contribution in [0, 0.1) is 0 Å². The van der Waals surface area contributed by atoms with E-state index in [0.717, 1.165) is 37.4 Å². The molecule has 0 radical (unpaired) electrons. The number of fused-ring (bicyclic) bond motifs is 2. The Labute approximate surface area is 218 Å². The summed E-state index contributed by atoms with van der Waals surface area (Å²) in [7, 11) is 4.23. The van der Waals surface area contributed by atoms with Gasteiger partial charge in [0.05, 0.1) is 23.5 Å². The van der Waals surface area contributed by atoms with Crippen molar-refractivity contribution in [2.75, 3.05) is 44.4 Å². The molecule has 0 saturated carbocycles. The average molecular weight is 512 g/mol. The van der Waals surface area contributed by atoms with E-state index in [1.54, 1.807) is 24.3 Å². The third kappa shape index (κ3) is 7.92. The van der Waals surface area contributed by atoms with Crippen LogP contribution in [-0.2, 0) is 4.74 Å². The minimum atomic E-state index is -0.279. The number of hydrogen-bond donors (Lipinski definition) is 1. The maximum atomic E-state index is 11.4. The fraction of sp³-hybridized carbons (Fsp3) is 0.321. The highest BCUT2D eigenvalue weighted by Crippen LogP contribution is 2.48. The topological polar surface area (TPSA) is 58.8 Å². The van der Waals surface area contributed by atoms with Crippen LogP contribution in [0.3, 0.4) is 0 Å². The molecule has 2 N–H and O–H groups in total. The van der Waals surface area contributed by atoms with E-state index in [2.05, 4.69) is 67.2 Å². The number of para-hydroxylation sites is 1. The fourth-order valence-corrected chi connectivity index (χ4v) is 4.84. The van der Waals surface area contributed by atoms with Gasteiger partial charge in [0.25, 0.3) is 0 Å². The van der Waals surface area contributed by atoms with E-state index < -0.39 is 0 Å². The number of nitrogens with zero attached hydrogens (tertiary/aromatic N) is 2. The Hall–Kier alpha value is -2.67. The van der Waals surface area contributed by atoms with Crippen molar-refractivity contribution in [2.24, 2.45) is 0 Å². The number of halogens is 1. The van der Waals surface area contributed by atoms with Crippen LogP contribution in [0.2, 0.25) is 5.02 Å². The third-order valence-corrected chi connectivity index (χ3v) is 6.82. The molecule has 3 aromatic rings. The van der Waals surface area contributed by atoms with Gasteiger partial charge in [-0.2, -0.15) is 0 Å². The van der Waals surface area contributed by atoms with Gasteiger partial charge in [-0.1, -0.05) is 48.8 Å². The van der Waals surface area contributed by atoms with Gasteiger partial charge in [-0.05, 0) is 88.1 Å². The molecule has 35 heavy (non-hydrogen) atoms. The molecule has 186 valence electrons. The number of carbonyl (C=O) groups is 1. The summed E-state index contributed by atoms with van der Waals surface area (Å²) >= 11 is 8.03. The molecule has 5 nitrogen and oxygen atoms in total. The summed E-state index contributed by atoms with van der Waals surface area (Å²) in [6, 6.07) is 21.5. The summed E-state index contributed by atoms with van der Waals surface area (Å²) in [4.78, 5) is 18.6. The average Bonchev–Trinajstić information content (AvgIpc) is 2.84. The molecule has 1 heterocycles. The molecular weight excluding hydrogens is 478 g/mol. The van der Waals surface area contributed by atoms with E-state index in [-0.39, 0.29) is 5.97 Å². The Bertz CT molecular complexity index is 1110. The zero-order chi connectivity index (χ0) is 25.2. The van der Waals surface area contributed by atoms with Gasteiger partial charge in [0, 0.05) is 27.0 Å². The second kappa shape index (κ2) is 13.4. The molecule has 1 aliphatic rings. The summed E-state index contributed by atoms with van der Waals surface area (Å²) in [5.74, 6) is -0.279. The van der Waals surface area contributed by atoms with Gasteiger partial charge >= 0.3 is 5.97 Å². The Morgan fingerprint density at radius 1 is 1.00 bits per heavy atom. The lowest BCUT2D eigenvalue weighted by molar-refractivity contribution is 0.0500. The largest absolute Gasteiger partial charge is 0.462 e. The molecule has 0 unspecified atom stereocenters. The van der Waals surface area contributed by atoms with Crippen LogP contribution in [0.1, 0.15) is 36.5 Å². The first-order valence-corrected chi connectivity index (χ1v) is 13.1. The Kier molecular flexibility index (Phi) is 10.3. The highest BCUT2D eigenvalue weighted by Gasteiger charge is 2.23. The SMILES string of the molecule is CCCCOC(=O)c1ccc(N)cc1.CN(C)CCCN1c2ccccc2Sc2ccc(Cl)cc21. The lowest BCUT2D eigenvalue weighted by atomic mass is 10.2. The van der Waals surface area contributed by atoms with E-state index in [1.807, 2.05) is 17.8 Å². The zero-order valence-electron chi connectivity index (χ0n) is 20.7. The van der Waals surface area contributed by atoms with Gasteiger partial charge in [-0.3, -0.25) is 0 Å². The van der Waals surface area contributed by atoms with Gasteiger partial charge < -0.3 is 20.3 Å². The molecule has 0 saturated heterocycles. The van der Waals surface area contributed by atoms with E-state index >= 15 is 0 Å². The number of carbonyl (C=O) groups excluding carboxylic acids is 1. The van der Waals surface area contributed by atoms with Crippen molar-refractivity contribution in [3.8, 4) is 0 Å². The van der Waals surface area contributed by atoms with Gasteiger partial charge in [0.2, 0.25) is 0 Å². The molecule has 0 aromatic heterocycles. The second-order valence-corrected chi connectivity index (χ2v) is 10.1. The normalized spacial score (nSPS) is 11.9. The van der Waals surface area contributed by atoms with Crippen molar-refractivity contribution >= 4 is 46.4 Å². The summed E-state index contributed by atoms with van der Waals surface area (Å²) < 4.78 is 5.03. The molecule has 0 amide bonds. The van der Waals surface area contributed by atoms with Crippen molar-refractivity contribution in [2.45, 2.75) is 36.0 Å². The number of nitrogen functional groups attached to an aromatic ring is 1. The maximum Gasteiger partial charge on any atom is 0.338 e. The number of unbranched alkanes of at least 4 members (excludes halogenated alkanes) is 1. The van der Waals surface area contributed by atoms with Crippen LogP contribution in [0.4, 0.5) is 17.1 Å². The van der Waals surface area contributed by atoms with Gasteiger partial charge in [-0.25, -0.2) is 4.79 Å². The molecule has 0 spiro atoms. The van der Waals surface area contributed by atoms with Gasteiger partial charge in [0.15, 0.2) is 0 Å². The predicted molar refractivity (Wildman–Crippen MR) is 148 cm³/mol. The summed E-state index contributed by atoms with van der Waals surface area (Å²) in [5, 5.41) is 0.798. The molecular formula is C28H34ClN3O2S. The fourth-order valence-electron chi connectivity index (χ4n) is 3.60. The number of nitrogens with two attached hydrogens (primary N) is 1. The second-order valence-electron chi connectivity index (χ2n) is 8.60. The van der Waals surface area contributed by atoms with Crippen molar-refractivity contribution in [1.82, 2.24) is 4.90 Å². The van der Waals surface area contributed by atoms with Crippen LogP contribution in [0.5, 0.6) is 0 Å². The van der Waals surface area contributed by atoms with E-state index in [1.165, 1.54) is 21.2 Å². The number of hydrogen-bond acceptors (Lipinski definition) is 6. The van der Waals surface area contributed by atoms with Crippen LogP contribution < -0.4 is 10.6 Å². The van der Waals surface area contributed by atoms with Gasteiger partial charge in [-0.15, -0.1) is 0 Å². The molecule has 0 aliphatic carbocycles. The smallest absolute Gasteiger partial charge is 0.338 e. The molecule has 1 aliphatic heterocycles. The molecule has 0 bridgehead atoms. The summed E-state index contributed by atoms with van der Waals surface area (Å²) in [6.07, 6.45) is 3.05. The number of benzene rings is 3. The summed E-state index contributed by atoms with van der Waals surface area (Å²) in [6.45, 7) is 4.63. The lowest BCUT2D eigenvalue weighted by Crippen LogP contribution is -2.25. The van der Waals surface area contributed by atoms with Gasteiger partial charge in [0.1, 0.15) is 0 Å². The number of esters is 1. The van der Waals surface area contributed by atoms with Crippen molar-refractivity contribution in [3.05, 3.63) is 77.3 Å². The first-order valence-electron chi connectivity index (χ1n) is 11.9. The Morgan fingerprint density at radius 3 is 2.43 bits per heavy atom. The standard InChI is InChI=1S/C17H19ClN2S.C11H15NO2/c1-19(2)10-5-11-20-14-6-3-4-7-16(14)21-17-9-8-13(18)12-15(17)20;1-2-3-8-14-11(13)9-4-6-10(12)7-5-9/h3-4,6-9,12H,5,10-11H2,1-2H3;4-7H,2-3,8,12H2,1H3. The minimum Gasteiger partial charge on any atom is -0.462 e. The number of ether oxygens (including phenoxy) is 1. The summed E-state index contributed by atoms with van der Waals surface area (Å²) in [5.41, 5.74) is 9.21. The monoisotopic (exact) mass is 511 g/mol. The molecule has 0 fully saturated rings. The lowest BCUT2D eigenvalue weighted by Gasteiger charge is -2.33. The van der Waals surface area contributed by atoms with Crippen molar-refractivity contribution in [3.63, 3.8) is 0 Å². The van der Waals surface area contributed by atoms with Crippen LogP contribution in [0.25, 0.3) is 0 Å². The minimum absolute atomic E-state index is 0.279. The van der Waals surface area contributed by atoms with Crippen LogP contribution in [0.15, 0.2) is 76.5 Å². The van der Waals surface area contributed by atoms with Crippen molar-refractivity contribution in [1.29, 1.82) is 0 Å². The highest BCUT2D eigenvalue weighted by atomic mass is 35.5. The van der Waals surface area contributed by atoms with Crippen LogP contribution >= 0.6 is 23.4 Å². The third-order valence-electron chi connectivity index (χ3n) is 5.45. The van der Waals surface area contributed by atoms with E-state index in [0.29, 0.717) is 17.9 Å². The molecule has 7 heteroatoms. The van der Waals surface area contributed by atoms with Crippen LogP contribution in [-0.4, -0.2) is 44.7 Å². The molecule has 0 atom stereocenters. The highest BCUT2D eigenvalue weighted by molar-refractivity contribution is 7.99. The zero-order valence-corrected chi connectivity index (χ0v) is 22.2. The molecule has 3 aromatic carbocycles. The molecule has 4 rings (SSSR count). The first kappa shape index (κ1) is 26.9. The number of rotatable bonds is 8. The Balaban J connectivity index is 0.000000214. The number of anilines is 3. The van der Waals surface area contributed by atoms with Crippen molar-refractivity contribution < 1.29 is 9.53 Å². The predicted octanol–water partition coefficient (Wildman–Crippen LogP) is 7.12. The van der Waals surface area contributed by atoms with E-state index in [9.17, 15) is 4.79 Å². The maximum absolute atomic E-state index is 11.4. The Morgan fingerprint density at radius 2 is 1.71 bits per heavy atom.